The summed E-state index contributed by atoms with van der Waals surface area (Å²) in [6.07, 6.45) is -1.87. The van der Waals surface area contributed by atoms with E-state index in [2.05, 4.69) is 25.8 Å². The second kappa shape index (κ2) is 8.54. The number of rotatable bonds is 4. The van der Waals surface area contributed by atoms with Crippen LogP contribution in [0.2, 0.25) is 0 Å². The third-order valence-corrected chi connectivity index (χ3v) is 7.91. The summed E-state index contributed by atoms with van der Waals surface area (Å²) in [6, 6.07) is 5.85. The maximum Gasteiger partial charge on any atom is 0.417 e. The number of esters is 1. The average molecular weight is 468 g/mol. The number of ether oxygens (including phenoxy) is 1. The Morgan fingerprint density at radius 1 is 1.26 bits per heavy atom. The minimum atomic E-state index is -4.54. The van der Waals surface area contributed by atoms with Crippen molar-refractivity contribution in [1.29, 1.82) is 0 Å². The summed E-state index contributed by atoms with van der Waals surface area (Å²) in [5.41, 5.74) is -0.514. The fourth-order valence-electron chi connectivity index (χ4n) is 4.35. The second-order valence-electron chi connectivity index (χ2n) is 8.63. The minimum Gasteiger partial charge on any atom is -0.458 e. The van der Waals surface area contributed by atoms with Crippen LogP contribution in [0.4, 0.5) is 13.2 Å². The first-order chi connectivity index (χ1) is 14.6. The summed E-state index contributed by atoms with van der Waals surface area (Å²) in [6.45, 7) is 6.38. The van der Waals surface area contributed by atoms with Crippen LogP contribution in [-0.4, -0.2) is 17.1 Å². The van der Waals surface area contributed by atoms with Gasteiger partial charge in [-0.3, -0.25) is 0 Å². The van der Waals surface area contributed by atoms with E-state index in [0.717, 1.165) is 36.7 Å². The second-order valence-corrected chi connectivity index (χ2v) is 10.6. The van der Waals surface area contributed by atoms with Gasteiger partial charge in [-0.15, -0.1) is 22.7 Å². The molecule has 0 N–H and O–H groups in total. The number of carbonyl (C=O) groups is 1. The Hall–Kier alpha value is -1.93. The predicted molar refractivity (Wildman–Crippen MR) is 118 cm³/mol. The molecule has 3 aromatic heterocycles. The number of hydrogen-bond acceptors (Lipinski definition) is 5. The zero-order valence-electron chi connectivity index (χ0n) is 17.5. The van der Waals surface area contributed by atoms with Crippen molar-refractivity contribution in [2.45, 2.75) is 52.3 Å². The third-order valence-electron chi connectivity index (χ3n) is 6.01. The number of alkyl halides is 3. The summed E-state index contributed by atoms with van der Waals surface area (Å²) in [5, 5.41) is 1.74. The van der Waals surface area contributed by atoms with Gasteiger partial charge in [0, 0.05) is 5.39 Å². The number of hydrogen-bond donors (Lipinski definition) is 0. The summed E-state index contributed by atoms with van der Waals surface area (Å²) >= 11 is 2.29. The molecule has 0 amide bonds. The van der Waals surface area contributed by atoms with Gasteiger partial charge in [0.15, 0.2) is 0 Å². The molecule has 1 aliphatic carbocycles. The van der Waals surface area contributed by atoms with Gasteiger partial charge in [-0.05, 0) is 54.2 Å². The zero-order chi connectivity index (χ0) is 22.3. The summed E-state index contributed by atoms with van der Waals surface area (Å²) < 4.78 is 47.2. The number of thiophene rings is 2. The van der Waals surface area contributed by atoms with Gasteiger partial charge in [0.2, 0.25) is 0 Å². The molecule has 0 aliphatic heterocycles. The van der Waals surface area contributed by atoms with Gasteiger partial charge < -0.3 is 4.74 Å². The van der Waals surface area contributed by atoms with Crippen LogP contribution in [0.3, 0.4) is 0 Å². The maximum atomic E-state index is 13.8. The first kappa shape index (κ1) is 22.3. The lowest BCUT2D eigenvalue weighted by Gasteiger charge is -2.36. The molecule has 0 unspecified atom stereocenters. The van der Waals surface area contributed by atoms with Crippen LogP contribution in [0.1, 0.15) is 55.3 Å². The average Bonchev–Trinajstić information content (AvgIpc) is 3.36. The van der Waals surface area contributed by atoms with Crippen molar-refractivity contribution >= 4 is 38.9 Å². The van der Waals surface area contributed by atoms with Crippen LogP contribution in [0.5, 0.6) is 0 Å². The van der Waals surface area contributed by atoms with Crippen LogP contribution >= 0.6 is 22.7 Å². The lowest BCUT2D eigenvalue weighted by molar-refractivity contribution is -0.136. The molecule has 0 saturated heterocycles. The van der Waals surface area contributed by atoms with Crippen molar-refractivity contribution in [3.8, 4) is 10.6 Å². The van der Waals surface area contributed by atoms with E-state index in [1.807, 2.05) is 0 Å². The van der Waals surface area contributed by atoms with Crippen molar-refractivity contribution < 1.29 is 22.7 Å². The smallest absolute Gasteiger partial charge is 0.417 e. The van der Waals surface area contributed by atoms with Crippen LogP contribution < -0.4 is 0 Å². The van der Waals surface area contributed by atoms with Gasteiger partial charge in [0.1, 0.15) is 15.8 Å². The molecular weight excluding hydrogens is 443 g/mol. The van der Waals surface area contributed by atoms with Gasteiger partial charge in [0.05, 0.1) is 16.1 Å². The topological polar surface area (TPSA) is 39.2 Å². The minimum absolute atomic E-state index is 0.0535. The van der Waals surface area contributed by atoms with Crippen LogP contribution in [0.25, 0.3) is 20.8 Å². The lowest BCUT2D eigenvalue weighted by Crippen LogP contribution is -2.35. The standard InChI is InChI=1S/C23H24F3NO2S2/c1-12(2)14-7-6-13(3)9-18(14)29-22(28)20-10-15-16(23(24,25)26)11-17(27-21(15)31-20)19-5-4-8-30-19/h4-5,8,10-14,18H,6-7,9H2,1-3H3/t13-,14+,18-/m1/s1. The zero-order valence-corrected chi connectivity index (χ0v) is 19.2. The first-order valence-electron chi connectivity index (χ1n) is 10.4. The fourth-order valence-corrected chi connectivity index (χ4v) is 5.97. The molecule has 1 aliphatic rings. The molecule has 3 aromatic rings. The van der Waals surface area contributed by atoms with E-state index >= 15 is 0 Å². The number of halogens is 3. The molecule has 0 bridgehead atoms. The van der Waals surface area contributed by atoms with E-state index in [-0.39, 0.29) is 32.8 Å². The van der Waals surface area contributed by atoms with E-state index in [1.165, 1.54) is 17.4 Å². The molecule has 0 radical (unpaired) electrons. The van der Waals surface area contributed by atoms with Gasteiger partial charge in [-0.1, -0.05) is 33.3 Å². The molecular formula is C23H24F3NO2S2. The maximum absolute atomic E-state index is 13.8. The number of nitrogens with zero attached hydrogens (tertiary/aromatic N) is 1. The van der Waals surface area contributed by atoms with Gasteiger partial charge in [0.25, 0.3) is 0 Å². The molecule has 0 spiro atoms. The molecule has 31 heavy (non-hydrogen) atoms. The largest absolute Gasteiger partial charge is 0.458 e. The monoisotopic (exact) mass is 467 g/mol. The van der Waals surface area contributed by atoms with Gasteiger partial charge in [-0.2, -0.15) is 13.2 Å². The van der Waals surface area contributed by atoms with Crippen LogP contribution in [0, 0.1) is 17.8 Å². The molecule has 3 atom stereocenters. The molecule has 8 heteroatoms. The number of fused-ring (bicyclic) bond motifs is 1. The number of aromatic nitrogens is 1. The van der Waals surface area contributed by atoms with Gasteiger partial charge >= 0.3 is 12.1 Å². The Balaban J connectivity index is 1.69. The lowest BCUT2D eigenvalue weighted by atomic mass is 9.75. The SMILES string of the molecule is CC(C)[C@@H]1CC[C@@H](C)C[C@H]1OC(=O)c1cc2c(C(F)(F)F)cc(-c3cccs3)nc2s1. The predicted octanol–water partition coefficient (Wildman–Crippen LogP) is 7.66. The summed E-state index contributed by atoms with van der Waals surface area (Å²) in [5.74, 6) is 0.545. The Morgan fingerprint density at radius 2 is 2.03 bits per heavy atom. The highest BCUT2D eigenvalue weighted by Gasteiger charge is 2.36. The van der Waals surface area contributed by atoms with Crippen LogP contribution in [-0.2, 0) is 10.9 Å². The van der Waals surface area contributed by atoms with Crippen molar-refractivity contribution in [3.05, 3.63) is 40.1 Å². The fraction of sp³-hybridized carbons (Fsp3) is 0.478. The Labute approximate surface area is 187 Å². The molecule has 4 rings (SSSR count). The highest BCUT2D eigenvalue weighted by molar-refractivity contribution is 7.20. The summed E-state index contributed by atoms with van der Waals surface area (Å²) in [4.78, 5) is 18.3. The highest BCUT2D eigenvalue weighted by atomic mass is 32.1. The highest BCUT2D eigenvalue weighted by Crippen LogP contribution is 2.41. The van der Waals surface area contributed by atoms with E-state index in [9.17, 15) is 18.0 Å². The number of pyridine rings is 1. The molecule has 1 saturated carbocycles. The van der Waals surface area contributed by atoms with Gasteiger partial charge in [-0.25, -0.2) is 9.78 Å². The number of carbonyl (C=O) groups excluding carboxylic acids is 1. The summed E-state index contributed by atoms with van der Waals surface area (Å²) in [7, 11) is 0. The van der Waals surface area contributed by atoms with Crippen molar-refractivity contribution in [2.75, 3.05) is 0 Å². The molecule has 3 nitrogen and oxygen atoms in total. The van der Waals surface area contributed by atoms with E-state index < -0.39 is 17.7 Å². The van der Waals surface area contributed by atoms with E-state index in [0.29, 0.717) is 16.7 Å². The van der Waals surface area contributed by atoms with E-state index in [1.54, 1.807) is 17.5 Å². The van der Waals surface area contributed by atoms with E-state index in [4.69, 9.17) is 4.74 Å². The van der Waals surface area contributed by atoms with Crippen molar-refractivity contribution in [2.24, 2.45) is 17.8 Å². The molecule has 1 fully saturated rings. The first-order valence-corrected chi connectivity index (χ1v) is 12.1. The van der Waals surface area contributed by atoms with Crippen LogP contribution in [0.15, 0.2) is 29.6 Å². The normalized spacial score (nSPS) is 22.2. The Morgan fingerprint density at radius 3 is 2.68 bits per heavy atom. The quantitative estimate of drug-likeness (QED) is 0.370. The van der Waals surface area contributed by atoms with Crippen molar-refractivity contribution in [3.63, 3.8) is 0 Å². The molecule has 0 aromatic carbocycles. The Bertz CT molecular complexity index is 1070. The van der Waals surface area contributed by atoms with Crippen molar-refractivity contribution in [1.82, 2.24) is 4.98 Å². The third kappa shape index (κ3) is 4.65. The Kier molecular flexibility index (Phi) is 6.14. The molecule has 3 heterocycles. The molecule has 166 valence electrons.